The monoisotopic (exact) mass is 483 g/mol. The van der Waals surface area contributed by atoms with Crippen molar-refractivity contribution in [3.8, 4) is 5.75 Å². The standard InChI is InChI=1S/C30H33N3O3/c1-22-7-9-23(10-8-22)19-32-15-17-33(18-16-32)20-27(34)25-11-13-28(30-26(25)12-14-29(35)31-30)36-21-24-5-3-2-4-6-24/h2-14,27,34H,15-21H2,1H3,(H,31,35). The highest BCUT2D eigenvalue weighted by Gasteiger charge is 2.22. The lowest BCUT2D eigenvalue weighted by Gasteiger charge is -2.35. The predicted molar refractivity (Wildman–Crippen MR) is 143 cm³/mol. The number of aliphatic hydroxyl groups excluding tert-OH is 1. The number of piperazine rings is 1. The van der Waals surface area contributed by atoms with E-state index in [4.69, 9.17) is 4.74 Å². The van der Waals surface area contributed by atoms with Gasteiger partial charge in [-0.3, -0.25) is 14.6 Å². The maximum Gasteiger partial charge on any atom is 0.248 e. The molecule has 1 aliphatic rings. The lowest BCUT2D eigenvalue weighted by atomic mass is 10.0. The number of nitrogens with zero attached hydrogens (tertiary/aromatic N) is 2. The molecule has 1 unspecified atom stereocenters. The molecule has 1 aromatic heterocycles. The topological polar surface area (TPSA) is 68.8 Å². The molecule has 0 aliphatic carbocycles. The van der Waals surface area contributed by atoms with Gasteiger partial charge in [-0.25, -0.2) is 0 Å². The number of β-amino-alcohol motifs (C(OH)–C–C–N with tert-alkyl or cyclic N) is 1. The third kappa shape index (κ3) is 5.85. The highest BCUT2D eigenvalue weighted by Crippen LogP contribution is 2.31. The molecule has 0 bridgehead atoms. The van der Waals surface area contributed by atoms with Gasteiger partial charge in [0.15, 0.2) is 0 Å². The molecule has 2 heterocycles. The first-order valence-corrected chi connectivity index (χ1v) is 12.6. The fourth-order valence-corrected chi connectivity index (χ4v) is 4.82. The van der Waals surface area contributed by atoms with Crippen molar-refractivity contribution in [3.05, 3.63) is 111 Å². The first kappa shape index (κ1) is 24.3. The number of aromatic amines is 1. The minimum absolute atomic E-state index is 0.191. The van der Waals surface area contributed by atoms with E-state index >= 15 is 0 Å². The Hall–Kier alpha value is -3.45. The summed E-state index contributed by atoms with van der Waals surface area (Å²) >= 11 is 0. The van der Waals surface area contributed by atoms with Crippen LogP contribution < -0.4 is 10.3 Å². The van der Waals surface area contributed by atoms with E-state index < -0.39 is 6.10 Å². The molecule has 1 atom stereocenters. The maximum atomic E-state index is 12.1. The second kappa shape index (κ2) is 11.1. The van der Waals surface area contributed by atoms with Crippen LogP contribution in [-0.2, 0) is 13.2 Å². The number of fused-ring (bicyclic) bond motifs is 1. The summed E-state index contributed by atoms with van der Waals surface area (Å²) in [4.78, 5) is 19.8. The lowest BCUT2D eigenvalue weighted by molar-refractivity contribution is 0.0707. The Morgan fingerprint density at radius 1 is 0.861 bits per heavy atom. The Kier molecular flexibility index (Phi) is 7.47. The molecule has 1 aliphatic heterocycles. The molecule has 4 aromatic rings. The Bertz CT molecular complexity index is 1340. The second-order valence-corrected chi connectivity index (χ2v) is 9.62. The van der Waals surface area contributed by atoms with Gasteiger partial charge in [-0.05, 0) is 35.7 Å². The fourth-order valence-electron chi connectivity index (χ4n) is 4.82. The Labute approximate surface area is 211 Å². The summed E-state index contributed by atoms with van der Waals surface area (Å²) in [7, 11) is 0. The second-order valence-electron chi connectivity index (χ2n) is 9.62. The number of pyridine rings is 1. The smallest absolute Gasteiger partial charge is 0.248 e. The number of aliphatic hydroxyl groups is 1. The summed E-state index contributed by atoms with van der Waals surface area (Å²) < 4.78 is 6.04. The highest BCUT2D eigenvalue weighted by molar-refractivity contribution is 5.87. The van der Waals surface area contributed by atoms with Crippen molar-refractivity contribution in [2.24, 2.45) is 0 Å². The van der Waals surface area contributed by atoms with E-state index in [0.717, 1.165) is 49.2 Å². The van der Waals surface area contributed by atoms with Crippen LogP contribution in [0.1, 0.15) is 28.4 Å². The average molecular weight is 484 g/mol. The zero-order chi connectivity index (χ0) is 24.9. The maximum absolute atomic E-state index is 12.1. The number of hydrogen-bond acceptors (Lipinski definition) is 5. The summed E-state index contributed by atoms with van der Waals surface area (Å²) in [6.45, 7) is 7.80. The van der Waals surface area contributed by atoms with Crippen molar-refractivity contribution in [1.29, 1.82) is 0 Å². The van der Waals surface area contributed by atoms with E-state index in [2.05, 4.69) is 46.0 Å². The number of aromatic nitrogens is 1. The van der Waals surface area contributed by atoms with Crippen LogP contribution >= 0.6 is 0 Å². The predicted octanol–water partition coefficient (Wildman–Crippen LogP) is 4.27. The quantitative estimate of drug-likeness (QED) is 0.392. The van der Waals surface area contributed by atoms with E-state index in [1.807, 2.05) is 42.5 Å². The molecule has 1 saturated heterocycles. The molecule has 0 spiro atoms. The molecule has 0 amide bonds. The normalized spacial score (nSPS) is 15.7. The van der Waals surface area contributed by atoms with Crippen molar-refractivity contribution in [2.45, 2.75) is 26.2 Å². The van der Waals surface area contributed by atoms with Gasteiger partial charge in [0.2, 0.25) is 5.56 Å². The summed E-state index contributed by atoms with van der Waals surface area (Å²) in [5, 5.41) is 12.0. The van der Waals surface area contributed by atoms with Crippen LogP contribution in [0.25, 0.3) is 10.9 Å². The van der Waals surface area contributed by atoms with Crippen LogP contribution in [0.4, 0.5) is 0 Å². The Balaban J connectivity index is 1.24. The van der Waals surface area contributed by atoms with Gasteiger partial charge in [-0.15, -0.1) is 0 Å². The van der Waals surface area contributed by atoms with Crippen molar-refractivity contribution >= 4 is 10.9 Å². The van der Waals surface area contributed by atoms with Gasteiger partial charge in [0.05, 0.1) is 11.6 Å². The third-order valence-electron chi connectivity index (χ3n) is 6.91. The minimum Gasteiger partial charge on any atom is -0.487 e. The van der Waals surface area contributed by atoms with Gasteiger partial charge in [-0.2, -0.15) is 0 Å². The van der Waals surface area contributed by atoms with E-state index in [1.54, 1.807) is 6.07 Å². The van der Waals surface area contributed by atoms with Crippen molar-refractivity contribution < 1.29 is 9.84 Å². The van der Waals surface area contributed by atoms with Gasteiger partial charge in [-0.1, -0.05) is 66.2 Å². The molecule has 2 N–H and O–H groups in total. The number of hydrogen-bond donors (Lipinski definition) is 2. The molecule has 0 radical (unpaired) electrons. The molecule has 5 rings (SSSR count). The lowest BCUT2D eigenvalue weighted by Crippen LogP contribution is -2.47. The third-order valence-corrected chi connectivity index (χ3v) is 6.91. The van der Waals surface area contributed by atoms with Gasteiger partial charge in [0.1, 0.15) is 12.4 Å². The van der Waals surface area contributed by atoms with Gasteiger partial charge < -0.3 is 14.8 Å². The summed E-state index contributed by atoms with van der Waals surface area (Å²) in [5.74, 6) is 0.604. The molecular weight excluding hydrogens is 450 g/mol. The van der Waals surface area contributed by atoms with E-state index in [1.165, 1.54) is 17.2 Å². The molecule has 1 fully saturated rings. The van der Waals surface area contributed by atoms with Crippen molar-refractivity contribution in [3.63, 3.8) is 0 Å². The minimum atomic E-state index is -0.662. The number of aryl methyl sites for hydroxylation is 1. The van der Waals surface area contributed by atoms with E-state index in [0.29, 0.717) is 24.4 Å². The van der Waals surface area contributed by atoms with Crippen LogP contribution in [0.5, 0.6) is 5.75 Å². The fraction of sp³-hybridized carbons (Fsp3) is 0.300. The summed E-state index contributed by atoms with van der Waals surface area (Å²) in [6, 6.07) is 25.7. The number of nitrogens with one attached hydrogen (secondary N) is 1. The van der Waals surface area contributed by atoms with Crippen LogP contribution in [0, 0.1) is 6.92 Å². The van der Waals surface area contributed by atoms with E-state index in [9.17, 15) is 9.90 Å². The zero-order valence-electron chi connectivity index (χ0n) is 20.7. The van der Waals surface area contributed by atoms with Crippen LogP contribution in [0.3, 0.4) is 0 Å². The first-order valence-electron chi connectivity index (χ1n) is 12.6. The van der Waals surface area contributed by atoms with E-state index in [-0.39, 0.29) is 5.56 Å². The zero-order valence-corrected chi connectivity index (χ0v) is 20.7. The van der Waals surface area contributed by atoms with Crippen LogP contribution in [-0.4, -0.2) is 52.6 Å². The number of ether oxygens (including phenoxy) is 1. The molecule has 0 saturated carbocycles. The number of rotatable bonds is 8. The molecular formula is C30H33N3O3. The van der Waals surface area contributed by atoms with Gasteiger partial charge in [0, 0.05) is 50.7 Å². The number of benzene rings is 3. The first-order chi connectivity index (χ1) is 17.5. The molecule has 36 heavy (non-hydrogen) atoms. The average Bonchev–Trinajstić information content (AvgIpc) is 2.90. The van der Waals surface area contributed by atoms with Crippen LogP contribution in [0.15, 0.2) is 83.7 Å². The molecule has 186 valence electrons. The number of H-pyrrole nitrogens is 1. The van der Waals surface area contributed by atoms with Crippen LogP contribution in [0.2, 0.25) is 0 Å². The molecule has 3 aromatic carbocycles. The molecule has 6 heteroatoms. The Morgan fingerprint density at radius 3 is 2.33 bits per heavy atom. The van der Waals surface area contributed by atoms with Crippen molar-refractivity contribution in [1.82, 2.24) is 14.8 Å². The summed E-state index contributed by atoms with van der Waals surface area (Å²) in [6.07, 6.45) is -0.662. The summed E-state index contributed by atoms with van der Waals surface area (Å²) in [5.41, 5.74) is 4.90. The van der Waals surface area contributed by atoms with Crippen molar-refractivity contribution in [2.75, 3.05) is 32.7 Å². The SMILES string of the molecule is Cc1ccc(CN2CCN(CC(O)c3ccc(OCc4ccccc4)c4[nH]c(=O)ccc34)CC2)cc1. The molecule has 6 nitrogen and oxygen atoms in total. The highest BCUT2D eigenvalue weighted by atomic mass is 16.5. The van der Waals surface area contributed by atoms with Gasteiger partial charge >= 0.3 is 0 Å². The largest absolute Gasteiger partial charge is 0.487 e. The Morgan fingerprint density at radius 2 is 1.58 bits per heavy atom. The van der Waals surface area contributed by atoms with Gasteiger partial charge in [0.25, 0.3) is 0 Å².